The second-order valence-corrected chi connectivity index (χ2v) is 7.71. The van der Waals surface area contributed by atoms with Crippen LogP contribution in [0.2, 0.25) is 0 Å². The highest BCUT2D eigenvalue weighted by molar-refractivity contribution is 9.10. The Morgan fingerprint density at radius 3 is 2.50 bits per heavy atom. The van der Waals surface area contributed by atoms with Crippen molar-refractivity contribution in [2.45, 2.75) is 4.90 Å². The Labute approximate surface area is 150 Å². The number of fused-ring (bicyclic) bond motifs is 1. The SMILES string of the molecule is CN(C)C(=O)c1ccc2c(S(C)=O)cn(-c3ncc(Br)cn3)c2c1. The minimum atomic E-state index is -1.17. The first-order valence-electron chi connectivity index (χ1n) is 7.06. The van der Waals surface area contributed by atoms with Crippen LogP contribution in [0.1, 0.15) is 10.4 Å². The van der Waals surface area contributed by atoms with E-state index in [4.69, 9.17) is 0 Å². The minimum absolute atomic E-state index is 0.0967. The molecule has 1 unspecified atom stereocenters. The van der Waals surface area contributed by atoms with Gasteiger partial charge in [-0.15, -0.1) is 0 Å². The van der Waals surface area contributed by atoms with Gasteiger partial charge in [0.25, 0.3) is 5.91 Å². The highest BCUT2D eigenvalue weighted by atomic mass is 79.9. The lowest BCUT2D eigenvalue weighted by Gasteiger charge is -2.11. The Balaban J connectivity index is 2.27. The molecule has 0 bridgehead atoms. The molecule has 1 atom stereocenters. The molecule has 6 nitrogen and oxygen atoms in total. The van der Waals surface area contributed by atoms with E-state index < -0.39 is 10.8 Å². The Bertz CT molecular complexity index is 951. The number of halogens is 1. The molecule has 3 rings (SSSR count). The Kier molecular flexibility index (Phi) is 4.51. The largest absolute Gasteiger partial charge is 0.345 e. The number of amides is 1. The van der Waals surface area contributed by atoms with Crippen molar-refractivity contribution in [1.29, 1.82) is 0 Å². The summed E-state index contributed by atoms with van der Waals surface area (Å²) in [5.41, 5.74) is 1.30. The van der Waals surface area contributed by atoms with Gasteiger partial charge in [0.1, 0.15) is 0 Å². The molecule has 0 aliphatic heterocycles. The van der Waals surface area contributed by atoms with Gasteiger partial charge < -0.3 is 4.90 Å². The molecule has 2 aromatic heterocycles. The maximum Gasteiger partial charge on any atom is 0.253 e. The monoisotopic (exact) mass is 406 g/mol. The third-order valence-corrected chi connectivity index (χ3v) is 4.91. The molecular formula is C16H15BrN4O2S. The zero-order valence-corrected chi connectivity index (χ0v) is 15.8. The maximum absolute atomic E-state index is 12.2. The lowest BCUT2D eigenvalue weighted by molar-refractivity contribution is 0.0827. The fourth-order valence-electron chi connectivity index (χ4n) is 2.41. The van der Waals surface area contributed by atoms with Gasteiger partial charge in [0, 0.05) is 49.9 Å². The van der Waals surface area contributed by atoms with E-state index in [1.807, 2.05) is 6.07 Å². The topological polar surface area (TPSA) is 68.1 Å². The van der Waals surface area contributed by atoms with Gasteiger partial charge in [-0.2, -0.15) is 0 Å². The molecule has 0 saturated heterocycles. The molecular weight excluding hydrogens is 392 g/mol. The molecule has 0 saturated carbocycles. The third-order valence-electron chi connectivity index (χ3n) is 3.55. The van der Waals surface area contributed by atoms with Crippen LogP contribution in [-0.4, -0.2) is 49.9 Å². The minimum Gasteiger partial charge on any atom is -0.345 e. The number of aromatic nitrogens is 3. The summed E-state index contributed by atoms with van der Waals surface area (Å²) in [4.78, 5) is 23.0. The predicted molar refractivity (Wildman–Crippen MR) is 96.9 cm³/mol. The highest BCUT2D eigenvalue weighted by Gasteiger charge is 2.17. The standard InChI is InChI=1S/C16H15BrN4O2S/c1-20(2)15(22)10-4-5-12-13(6-10)21(9-14(12)24(3)23)16-18-7-11(17)8-19-16/h4-9H,1-3H3. The summed E-state index contributed by atoms with van der Waals surface area (Å²) in [6.45, 7) is 0. The van der Waals surface area contributed by atoms with Crippen LogP contribution in [-0.2, 0) is 10.8 Å². The van der Waals surface area contributed by atoms with Crippen molar-refractivity contribution in [3.8, 4) is 5.95 Å². The number of nitrogens with zero attached hydrogens (tertiary/aromatic N) is 4. The van der Waals surface area contributed by atoms with Gasteiger partial charge in [-0.1, -0.05) is 6.07 Å². The third kappa shape index (κ3) is 2.99. The first-order valence-corrected chi connectivity index (χ1v) is 9.41. The number of hydrogen-bond donors (Lipinski definition) is 0. The fourth-order valence-corrected chi connectivity index (χ4v) is 3.35. The average Bonchev–Trinajstić information content (AvgIpc) is 2.93. The molecule has 24 heavy (non-hydrogen) atoms. The predicted octanol–water partition coefficient (Wildman–Crippen LogP) is 2.62. The summed E-state index contributed by atoms with van der Waals surface area (Å²) in [5, 5.41) is 0.817. The molecule has 1 aromatic carbocycles. The Hall–Kier alpha value is -2.06. The smallest absolute Gasteiger partial charge is 0.253 e. The number of carbonyl (C=O) groups is 1. The number of rotatable bonds is 3. The molecule has 0 fully saturated rings. The van der Waals surface area contributed by atoms with E-state index in [0.717, 1.165) is 15.4 Å². The van der Waals surface area contributed by atoms with Crippen LogP contribution in [0, 0.1) is 0 Å². The van der Waals surface area contributed by atoms with Crippen LogP contribution in [0.25, 0.3) is 16.9 Å². The Morgan fingerprint density at radius 2 is 1.92 bits per heavy atom. The van der Waals surface area contributed by atoms with Crippen molar-refractivity contribution in [3.05, 3.63) is 46.8 Å². The van der Waals surface area contributed by atoms with E-state index >= 15 is 0 Å². The second kappa shape index (κ2) is 6.45. The molecule has 0 N–H and O–H groups in total. The fraction of sp³-hybridized carbons (Fsp3) is 0.188. The Morgan fingerprint density at radius 1 is 1.25 bits per heavy atom. The number of hydrogen-bond acceptors (Lipinski definition) is 4. The normalized spacial score (nSPS) is 12.3. The van der Waals surface area contributed by atoms with Crippen molar-refractivity contribution in [2.75, 3.05) is 20.4 Å². The zero-order chi connectivity index (χ0) is 17.4. The molecule has 8 heteroatoms. The molecule has 0 radical (unpaired) electrons. The lowest BCUT2D eigenvalue weighted by atomic mass is 10.1. The first kappa shape index (κ1) is 16.8. The van der Waals surface area contributed by atoms with Crippen molar-refractivity contribution >= 4 is 43.5 Å². The van der Waals surface area contributed by atoms with Crippen molar-refractivity contribution < 1.29 is 9.00 Å². The van der Waals surface area contributed by atoms with Crippen LogP contribution in [0.15, 0.2) is 46.2 Å². The average molecular weight is 407 g/mol. The van der Waals surface area contributed by atoms with Crippen LogP contribution in [0.3, 0.4) is 0 Å². The van der Waals surface area contributed by atoms with E-state index in [9.17, 15) is 9.00 Å². The van der Waals surface area contributed by atoms with E-state index in [-0.39, 0.29) is 5.91 Å². The van der Waals surface area contributed by atoms with Gasteiger partial charge in [0.05, 0.1) is 25.7 Å². The van der Waals surface area contributed by atoms with Gasteiger partial charge in [-0.25, -0.2) is 9.97 Å². The van der Waals surface area contributed by atoms with Crippen LogP contribution in [0.5, 0.6) is 0 Å². The maximum atomic E-state index is 12.2. The molecule has 124 valence electrons. The molecule has 2 heterocycles. The molecule has 0 aliphatic rings. The van der Waals surface area contributed by atoms with Crippen molar-refractivity contribution in [2.24, 2.45) is 0 Å². The van der Waals surface area contributed by atoms with E-state index in [1.165, 1.54) is 4.90 Å². The summed E-state index contributed by atoms with van der Waals surface area (Å²) >= 11 is 3.31. The van der Waals surface area contributed by atoms with Gasteiger partial charge >= 0.3 is 0 Å². The summed E-state index contributed by atoms with van der Waals surface area (Å²) in [5.74, 6) is 0.356. The van der Waals surface area contributed by atoms with E-state index in [2.05, 4.69) is 25.9 Å². The van der Waals surface area contributed by atoms with Gasteiger partial charge in [0.15, 0.2) is 0 Å². The van der Waals surface area contributed by atoms with E-state index in [1.54, 1.807) is 55.6 Å². The number of carbonyl (C=O) groups excluding carboxylic acids is 1. The molecule has 3 aromatic rings. The van der Waals surface area contributed by atoms with Gasteiger partial charge in [-0.3, -0.25) is 13.6 Å². The van der Waals surface area contributed by atoms with Crippen LogP contribution < -0.4 is 0 Å². The van der Waals surface area contributed by atoms with Crippen LogP contribution in [0.4, 0.5) is 0 Å². The summed E-state index contributed by atoms with van der Waals surface area (Å²) in [6.07, 6.45) is 6.67. The number of benzene rings is 1. The highest BCUT2D eigenvalue weighted by Crippen LogP contribution is 2.27. The van der Waals surface area contributed by atoms with Crippen LogP contribution >= 0.6 is 15.9 Å². The van der Waals surface area contributed by atoms with Gasteiger partial charge in [-0.05, 0) is 28.1 Å². The van der Waals surface area contributed by atoms with E-state index in [0.29, 0.717) is 16.4 Å². The lowest BCUT2D eigenvalue weighted by Crippen LogP contribution is -2.21. The summed E-state index contributed by atoms with van der Waals surface area (Å²) < 4.78 is 14.6. The molecule has 0 aliphatic carbocycles. The molecule has 1 amide bonds. The molecule has 0 spiro atoms. The summed E-state index contributed by atoms with van der Waals surface area (Å²) in [6, 6.07) is 5.34. The zero-order valence-electron chi connectivity index (χ0n) is 13.4. The van der Waals surface area contributed by atoms with Gasteiger partial charge in [0.2, 0.25) is 5.95 Å². The van der Waals surface area contributed by atoms with Crippen molar-refractivity contribution in [1.82, 2.24) is 19.4 Å². The van der Waals surface area contributed by atoms with Crippen molar-refractivity contribution in [3.63, 3.8) is 0 Å². The first-order chi connectivity index (χ1) is 11.4. The second-order valence-electron chi connectivity index (χ2n) is 5.45. The quantitative estimate of drug-likeness (QED) is 0.670. The summed E-state index contributed by atoms with van der Waals surface area (Å²) in [7, 11) is 2.24.